The third-order valence-corrected chi connectivity index (χ3v) is 7.99. The number of aliphatic carboxylic acids is 2. The van der Waals surface area contributed by atoms with Crippen LogP contribution in [0.5, 0.6) is 0 Å². The van der Waals surface area contributed by atoms with Crippen molar-refractivity contribution in [3.8, 4) is 0 Å². The van der Waals surface area contributed by atoms with Gasteiger partial charge in [0.25, 0.3) is 0 Å². The molecule has 0 aromatic heterocycles. The summed E-state index contributed by atoms with van der Waals surface area (Å²) in [6, 6.07) is 0. The Morgan fingerprint density at radius 3 is 0.542 bits per heavy atom. The smallest absolute Gasteiger partial charge is 1.00 e. The summed E-state index contributed by atoms with van der Waals surface area (Å²) in [7, 11) is 0. The standard InChI is InChI=1S/2C18H36O2.8Mg.16H/c2*1-2-3-4-5-6-7-8-9-10-11-12-13-14-15-16-17-18(19)20;;;;;;;;;;;;;;;;;;;;;;;;/h2*2-17H2,1H3,(H,19,20);;;;;;;;;;;;;;;;;;;;;;;;/q;;8*+2;16*-1. The molecule has 0 amide bonds. The number of hydrogen-bond acceptors (Lipinski definition) is 2. The van der Waals surface area contributed by atoms with Gasteiger partial charge in [0.1, 0.15) is 0 Å². The van der Waals surface area contributed by atoms with E-state index in [-0.39, 0.29) is 207 Å². The molecule has 12 heteroatoms. The van der Waals surface area contributed by atoms with Crippen LogP contribution in [0.25, 0.3) is 0 Å². The maximum Gasteiger partial charge on any atom is 2.00 e. The van der Waals surface area contributed by atoms with Crippen LogP contribution in [-0.2, 0) is 9.59 Å². The molecule has 0 saturated heterocycles. The normalized spacial score (nSPS) is 9.04. The van der Waals surface area contributed by atoms with Crippen LogP contribution >= 0.6 is 0 Å². The van der Waals surface area contributed by atoms with E-state index in [1.165, 1.54) is 167 Å². The second kappa shape index (κ2) is 73.2. The van der Waals surface area contributed by atoms with Crippen LogP contribution in [0.1, 0.15) is 242 Å². The zero-order chi connectivity index (χ0) is 29.8. The minimum Gasteiger partial charge on any atom is -1.00 e. The number of carboxylic acid groups (broad SMARTS) is 2. The number of carboxylic acids is 2. The van der Waals surface area contributed by atoms with Crippen molar-refractivity contribution in [1.29, 1.82) is 0 Å². The Kier molecular flexibility index (Phi) is 118. The van der Waals surface area contributed by atoms with Crippen LogP contribution in [0.4, 0.5) is 0 Å². The number of carbonyl (C=O) groups is 2. The molecule has 0 unspecified atom stereocenters. The van der Waals surface area contributed by atoms with Crippen LogP contribution in [0.15, 0.2) is 0 Å². The fourth-order valence-corrected chi connectivity index (χ4v) is 5.30. The van der Waals surface area contributed by atoms with Crippen LogP contribution < -0.4 is 0 Å². The van der Waals surface area contributed by atoms with E-state index in [1.807, 2.05) is 0 Å². The molecule has 0 rings (SSSR count). The second-order valence-electron chi connectivity index (χ2n) is 12.2. The van der Waals surface area contributed by atoms with Gasteiger partial charge in [0.15, 0.2) is 0 Å². The van der Waals surface area contributed by atoms with Gasteiger partial charge in [-0.15, -0.1) is 0 Å². The average molecular weight is 780 g/mol. The maximum atomic E-state index is 10.3. The third-order valence-electron chi connectivity index (χ3n) is 7.99. The van der Waals surface area contributed by atoms with E-state index in [2.05, 4.69) is 13.8 Å². The van der Waals surface area contributed by atoms with Crippen molar-refractivity contribution >= 4 is 196 Å². The fraction of sp³-hybridized carbons (Fsp3) is 0.944. The second-order valence-corrected chi connectivity index (χ2v) is 12.2. The van der Waals surface area contributed by atoms with Crippen molar-refractivity contribution in [2.75, 3.05) is 0 Å². The Morgan fingerprint density at radius 1 is 0.292 bits per heavy atom. The van der Waals surface area contributed by atoms with E-state index in [9.17, 15) is 9.59 Å². The molecule has 0 spiro atoms. The Labute approximate surface area is 452 Å². The molecular formula is C36H88Mg8O4. The van der Waals surface area contributed by atoms with Gasteiger partial charge in [0.05, 0.1) is 0 Å². The van der Waals surface area contributed by atoms with Crippen molar-refractivity contribution in [2.24, 2.45) is 0 Å². The predicted molar refractivity (Wildman–Crippen MR) is 238 cm³/mol. The van der Waals surface area contributed by atoms with Crippen LogP contribution in [-0.4, -0.2) is 207 Å². The van der Waals surface area contributed by atoms with Gasteiger partial charge in [0.2, 0.25) is 0 Å². The zero-order valence-corrected chi connectivity index (χ0v) is 44.3. The van der Waals surface area contributed by atoms with Gasteiger partial charge < -0.3 is 33.0 Å². The van der Waals surface area contributed by atoms with E-state index < -0.39 is 11.9 Å². The minimum atomic E-state index is -0.653. The summed E-state index contributed by atoms with van der Waals surface area (Å²) in [5, 5.41) is 17.0. The quantitative estimate of drug-likeness (QED) is 0.0527. The molecule has 0 aliphatic carbocycles. The molecule has 0 aromatic carbocycles. The molecule has 0 fully saturated rings. The zero-order valence-electron chi connectivity index (χ0n) is 49.0. The summed E-state index contributed by atoms with van der Waals surface area (Å²) in [6.45, 7) is 4.54. The summed E-state index contributed by atoms with van der Waals surface area (Å²) < 4.78 is 0. The molecule has 0 aliphatic heterocycles. The molecule has 0 atom stereocenters. The van der Waals surface area contributed by atoms with Gasteiger partial charge in [-0.3, -0.25) is 9.59 Å². The summed E-state index contributed by atoms with van der Waals surface area (Å²) in [6.07, 6.45) is 40.4. The largest absolute Gasteiger partial charge is 2.00 e. The minimum absolute atomic E-state index is 0. The summed E-state index contributed by atoms with van der Waals surface area (Å²) in [4.78, 5) is 20.7. The van der Waals surface area contributed by atoms with E-state index >= 15 is 0 Å². The van der Waals surface area contributed by atoms with E-state index in [0.29, 0.717) is 12.8 Å². The SMILES string of the molecule is CCCCCCCCCCCCCCCCCC(=O)O.CCCCCCCCCCCCCCCCCC(=O)O.[H-].[H-].[H-].[H-].[H-].[H-].[H-].[H-].[H-].[H-].[H-].[H-].[H-].[H-].[H-].[H-].[Mg+2].[Mg+2].[Mg+2].[Mg+2].[Mg+2].[Mg+2].[Mg+2].[Mg+2]. The molecule has 2 N–H and O–H groups in total. The molecule has 48 heavy (non-hydrogen) atoms. The third kappa shape index (κ3) is 83.9. The number of unbranched alkanes of at least 4 members (excludes halogenated alkanes) is 28. The van der Waals surface area contributed by atoms with E-state index in [4.69, 9.17) is 10.2 Å². The number of hydrogen-bond donors (Lipinski definition) is 2. The Balaban J connectivity index is -0.0000000137. The molecular weight excluding hydrogens is 691 g/mol. The number of rotatable bonds is 32. The molecule has 4 nitrogen and oxygen atoms in total. The first-order valence-electron chi connectivity index (χ1n) is 18.0. The van der Waals surface area contributed by atoms with Crippen LogP contribution in [0, 0.1) is 0 Å². The first-order chi connectivity index (χ1) is 19.5. The first kappa shape index (κ1) is 77.6. The van der Waals surface area contributed by atoms with Crippen molar-refractivity contribution in [2.45, 2.75) is 219 Å². The van der Waals surface area contributed by atoms with E-state index in [1.54, 1.807) is 0 Å². The Hall–Kier alpha value is 5.07. The molecule has 0 aromatic rings. The summed E-state index contributed by atoms with van der Waals surface area (Å²) in [5.74, 6) is -1.31. The average Bonchev–Trinajstić information content (AvgIpc) is 2.93. The summed E-state index contributed by atoms with van der Waals surface area (Å²) >= 11 is 0. The van der Waals surface area contributed by atoms with Gasteiger partial charge >= 0.3 is 196 Å². The maximum absolute atomic E-state index is 10.3. The molecule has 0 aliphatic rings. The Morgan fingerprint density at radius 2 is 0.417 bits per heavy atom. The van der Waals surface area contributed by atoms with Crippen molar-refractivity contribution in [3.05, 3.63) is 0 Å². The van der Waals surface area contributed by atoms with Gasteiger partial charge in [-0.05, 0) is 12.8 Å². The van der Waals surface area contributed by atoms with Gasteiger partial charge in [0, 0.05) is 12.8 Å². The van der Waals surface area contributed by atoms with Crippen LogP contribution in [0.3, 0.4) is 0 Å². The predicted octanol–water partition coefficient (Wildman–Crippen LogP) is 11.4. The summed E-state index contributed by atoms with van der Waals surface area (Å²) in [5.41, 5.74) is 0. The molecule has 0 bridgehead atoms. The first-order valence-corrected chi connectivity index (χ1v) is 18.0. The molecule has 0 radical (unpaired) electrons. The Bertz CT molecular complexity index is 530. The molecule has 0 saturated carbocycles. The van der Waals surface area contributed by atoms with Crippen molar-refractivity contribution in [1.82, 2.24) is 0 Å². The monoisotopic (exact) mass is 777 g/mol. The van der Waals surface area contributed by atoms with Crippen molar-refractivity contribution in [3.63, 3.8) is 0 Å². The molecule has 0 heterocycles. The van der Waals surface area contributed by atoms with Gasteiger partial charge in [-0.1, -0.05) is 194 Å². The molecule has 272 valence electrons. The van der Waals surface area contributed by atoms with Gasteiger partial charge in [-0.25, -0.2) is 0 Å². The van der Waals surface area contributed by atoms with Crippen molar-refractivity contribution < 1.29 is 42.6 Å². The van der Waals surface area contributed by atoms with Crippen LogP contribution in [0.2, 0.25) is 0 Å². The van der Waals surface area contributed by atoms with Gasteiger partial charge in [-0.2, -0.15) is 0 Å². The van der Waals surface area contributed by atoms with E-state index in [0.717, 1.165) is 25.7 Å². The fourth-order valence-electron chi connectivity index (χ4n) is 5.30. The topological polar surface area (TPSA) is 74.6 Å².